The average Bonchev–Trinajstić information content (AvgIpc) is 2.91. The van der Waals surface area contributed by atoms with Crippen molar-refractivity contribution >= 4 is 38.5 Å². The summed E-state index contributed by atoms with van der Waals surface area (Å²) in [7, 11) is 0. The average molecular weight is 457 g/mol. The lowest BCUT2D eigenvalue weighted by atomic mass is 10.1. The number of rotatable bonds is 2. The van der Waals surface area contributed by atoms with Crippen molar-refractivity contribution in [1.29, 1.82) is 0 Å². The maximum atomic E-state index is 9.92. The summed E-state index contributed by atoms with van der Waals surface area (Å²) in [5, 5.41) is 13.9. The highest BCUT2D eigenvalue weighted by Gasteiger charge is 2.16. The Kier molecular flexibility index (Phi) is 3.99. The van der Waals surface area contributed by atoms with E-state index in [4.69, 9.17) is 4.52 Å². The molecule has 0 saturated heterocycles. The predicted molar refractivity (Wildman–Crippen MR) is 92.0 cm³/mol. The van der Waals surface area contributed by atoms with Crippen molar-refractivity contribution in [3.63, 3.8) is 0 Å². The van der Waals surface area contributed by atoms with Crippen LogP contribution in [0.1, 0.15) is 5.56 Å². The maximum Gasteiger partial charge on any atom is 0.262 e. The lowest BCUT2D eigenvalue weighted by Gasteiger charge is -2.00. The van der Waals surface area contributed by atoms with Crippen LogP contribution < -0.4 is 0 Å². The van der Waals surface area contributed by atoms with E-state index in [1.54, 1.807) is 12.1 Å². The van der Waals surface area contributed by atoms with Crippen LogP contribution in [-0.2, 0) is 0 Å². The molecule has 3 aromatic rings. The first kappa shape index (κ1) is 14.5. The van der Waals surface area contributed by atoms with Gasteiger partial charge in [0, 0.05) is 13.6 Å². The van der Waals surface area contributed by atoms with Crippen molar-refractivity contribution in [2.24, 2.45) is 0 Å². The van der Waals surface area contributed by atoms with Crippen LogP contribution in [0.5, 0.6) is 5.75 Å². The summed E-state index contributed by atoms with van der Waals surface area (Å²) in [6, 6.07) is 11.1. The molecule has 3 rings (SSSR count). The minimum absolute atomic E-state index is 0.119. The van der Waals surface area contributed by atoms with E-state index in [9.17, 15) is 5.11 Å². The lowest BCUT2D eigenvalue weighted by Crippen LogP contribution is -1.85. The van der Waals surface area contributed by atoms with Crippen LogP contribution in [-0.4, -0.2) is 15.2 Å². The number of benzene rings is 2. The van der Waals surface area contributed by atoms with Gasteiger partial charge in [0.1, 0.15) is 5.75 Å². The Morgan fingerprint density at radius 3 is 2.71 bits per heavy atom. The Balaban J connectivity index is 2.06. The van der Waals surface area contributed by atoms with Crippen molar-refractivity contribution in [1.82, 2.24) is 10.1 Å². The van der Waals surface area contributed by atoms with Crippen molar-refractivity contribution in [3.8, 4) is 28.6 Å². The molecule has 0 fully saturated rings. The third-order valence-electron chi connectivity index (χ3n) is 2.98. The largest absolute Gasteiger partial charge is 0.507 e. The summed E-state index contributed by atoms with van der Waals surface area (Å²) in [4.78, 5) is 4.37. The van der Waals surface area contributed by atoms with Crippen LogP contribution in [0.3, 0.4) is 0 Å². The number of aromatic hydroxyl groups is 1. The standard InChI is InChI=1S/C15H10BrIN2O2/c1-8-2-4-10(12(16)6-8)14-18-15(21-19-14)11-7-9(17)3-5-13(11)20/h2-7,20H,1H3. The lowest BCUT2D eigenvalue weighted by molar-refractivity contribution is 0.425. The molecule has 1 aromatic heterocycles. The summed E-state index contributed by atoms with van der Waals surface area (Å²) < 4.78 is 7.17. The molecule has 0 saturated carbocycles. The third kappa shape index (κ3) is 2.96. The van der Waals surface area contributed by atoms with Gasteiger partial charge < -0.3 is 9.63 Å². The Morgan fingerprint density at radius 2 is 1.95 bits per heavy atom. The Morgan fingerprint density at radius 1 is 1.14 bits per heavy atom. The molecule has 0 radical (unpaired) electrons. The van der Waals surface area contributed by atoms with Crippen LogP contribution in [0, 0.1) is 10.5 Å². The number of aryl methyl sites for hydroxylation is 1. The van der Waals surface area contributed by atoms with E-state index in [1.165, 1.54) is 0 Å². The molecular weight excluding hydrogens is 447 g/mol. The van der Waals surface area contributed by atoms with E-state index < -0.39 is 0 Å². The fraction of sp³-hybridized carbons (Fsp3) is 0.0667. The molecule has 0 spiro atoms. The van der Waals surface area contributed by atoms with Gasteiger partial charge in [-0.15, -0.1) is 0 Å². The first-order chi connectivity index (χ1) is 10.0. The zero-order valence-corrected chi connectivity index (χ0v) is 14.7. The number of aromatic nitrogens is 2. The van der Waals surface area contributed by atoms with E-state index in [0.717, 1.165) is 19.2 Å². The normalized spacial score (nSPS) is 10.8. The molecule has 1 N–H and O–H groups in total. The summed E-state index contributed by atoms with van der Waals surface area (Å²) in [6.45, 7) is 2.01. The smallest absolute Gasteiger partial charge is 0.262 e. The molecule has 1 heterocycles. The number of hydrogen-bond donors (Lipinski definition) is 1. The van der Waals surface area contributed by atoms with E-state index in [2.05, 4.69) is 48.7 Å². The molecule has 6 heteroatoms. The molecule has 2 aromatic carbocycles. The van der Waals surface area contributed by atoms with E-state index in [-0.39, 0.29) is 5.75 Å². The van der Waals surface area contributed by atoms with E-state index in [1.807, 2.05) is 31.2 Å². The second-order valence-electron chi connectivity index (χ2n) is 4.57. The summed E-state index contributed by atoms with van der Waals surface area (Å²) in [6.07, 6.45) is 0. The highest BCUT2D eigenvalue weighted by Crippen LogP contribution is 2.32. The van der Waals surface area contributed by atoms with Crippen LogP contribution in [0.15, 0.2) is 45.4 Å². The molecular formula is C15H10BrIN2O2. The van der Waals surface area contributed by atoms with Crippen molar-refractivity contribution in [3.05, 3.63) is 50.0 Å². The van der Waals surface area contributed by atoms with Gasteiger partial charge in [0.25, 0.3) is 5.89 Å². The second kappa shape index (κ2) is 5.76. The molecule has 0 unspecified atom stereocenters. The molecule has 0 aliphatic heterocycles. The minimum Gasteiger partial charge on any atom is -0.507 e. The minimum atomic E-state index is 0.119. The first-order valence-corrected chi connectivity index (χ1v) is 8.01. The molecule has 0 amide bonds. The van der Waals surface area contributed by atoms with Gasteiger partial charge in [0.15, 0.2) is 0 Å². The molecule has 4 nitrogen and oxygen atoms in total. The van der Waals surface area contributed by atoms with Crippen LogP contribution in [0.4, 0.5) is 0 Å². The van der Waals surface area contributed by atoms with Crippen molar-refractivity contribution in [2.75, 3.05) is 0 Å². The molecule has 106 valence electrons. The molecule has 21 heavy (non-hydrogen) atoms. The number of phenols is 1. The maximum absolute atomic E-state index is 9.92. The Bertz CT molecular complexity index is 817. The summed E-state index contributed by atoms with van der Waals surface area (Å²) >= 11 is 5.67. The summed E-state index contributed by atoms with van der Waals surface area (Å²) in [5.74, 6) is 0.900. The number of phenolic OH excluding ortho intramolecular Hbond substituents is 1. The van der Waals surface area contributed by atoms with Gasteiger partial charge in [-0.1, -0.05) is 27.2 Å². The number of hydrogen-bond acceptors (Lipinski definition) is 4. The number of halogens is 2. The second-order valence-corrected chi connectivity index (χ2v) is 6.67. The van der Waals surface area contributed by atoms with Crippen LogP contribution >= 0.6 is 38.5 Å². The zero-order chi connectivity index (χ0) is 15.0. The van der Waals surface area contributed by atoms with Gasteiger partial charge in [-0.3, -0.25) is 0 Å². The van der Waals surface area contributed by atoms with Gasteiger partial charge in [-0.2, -0.15) is 4.98 Å². The van der Waals surface area contributed by atoms with Gasteiger partial charge in [0.2, 0.25) is 5.82 Å². The zero-order valence-electron chi connectivity index (χ0n) is 11.0. The third-order valence-corrected chi connectivity index (χ3v) is 4.31. The SMILES string of the molecule is Cc1ccc(-c2noc(-c3cc(I)ccc3O)n2)c(Br)c1. The fourth-order valence-electron chi connectivity index (χ4n) is 1.92. The quantitative estimate of drug-likeness (QED) is 0.563. The monoisotopic (exact) mass is 456 g/mol. The first-order valence-electron chi connectivity index (χ1n) is 6.14. The van der Waals surface area contributed by atoms with Gasteiger partial charge in [-0.05, 0) is 65.4 Å². The van der Waals surface area contributed by atoms with Crippen LogP contribution in [0.25, 0.3) is 22.8 Å². The predicted octanol–water partition coefficient (Wildman–Crippen LogP) is 4.78. The van der Waals surface area contributed by atoms with Gasteiger partial charge >= 0.3 is 0 Å². The molecule has 0 bridgehead atoms. The summed E-state index contributed by atoms with van der Waals surface area (Å²) in [5.41, 5.74) is 2.52. The highest BCUT2D eigenvalue weighted by molar-refractivity contribution is 14.1. The molecule has 0 atom stereocenters. The topological polar surface area (TPSA) is 59.2 Å². The Hall–Kier alpha value is -1.41. The molecule has 0 aliphatic carbocycles. The van der Waals surface area contributed by atoms with E-state index >= 15 is 0 Å². The van der Waals surface area contributed by atoms with Crippen LogP contribution in [0.2, 0.25) is 0 Å². The number of nitrogens with zero attached hydrogens (tertiary/aromatic N) is 2. The van der Waals surface area contributed by atoms with Crippen molar-refractivity contribution in [2.45, 2.75) is 6.92 Å². The van der Waals surface area contributed by atoms with Gasteiger partial charge in [0.05, 0.1) is 5.56 Å². The van der Waals surface area contributed by atoms with E-state index in [0.29, 0.717) is 17.3 Å². The molecule has 0 aliphatic rings. The van der Waals surface area contributed by atoms with Gasteiger partial charge in [-0.25, -0.2) is 0 Å². The highest BCUT2D eigenvalue weighted by atomic mass is 127. The van der Waals surface area contributed by atoms with Crippen molar-refractivity contribution < 1.29 is 9.63 Å². The Labute approximate surface area is 143 Å². The fourth-order valence-corrected chi connectivity index (χ4v) is 3.09.